The zero-order chi connectivity index (χ0) is 13.9. The molecule has 20 heavy (non-hydrogen) atoms. The van der Waals surface area contributed by atoms with Crippen LogP contribution in [0.25, 0.3) is 11.1 Å². The molecule has 0 amide bonds. The molecule has 2 aromatic rings. The van der Waals surface area contributed by atoms with Crippen LogP contribution < -0.4 is 0 Å². The fourth-order valence-electron chi connectivity index (χ4n) is 3.13. The van der Waals surface area contributed by atoms with E-state index in [0.29, 0.717) is 0 Å². The maximum Gasteiger partial charge on any atom is 0.0233 e. The Bertz CT molecular complexity index is 594. The zero-order valence-corrected chi connectivity index (χ0v) is 12.5. The summed E-state index contributed by atoms with van der Waals surface area (Å²) in [6.45, 7) is 8.02. The smallest absolute Gasteiger partial charge is 0.0233 e. The molecule has 1 aliphatic heterocycles. The highest BCUT2D eigenvalue weighted by Gasteiger charge is 2.13. The number of hydrogen-bond acceptors (Lipinski definition) is 1. The van der Waals surface area contributed by atoms with Crippen LogP contribution in [0.3, 0.4) is 0 Å². The molecule has 1 heteroatoms. The molecule has 0 aliphatic carbocycles. The van der Waals surface area contributed by atoms with E-state index in [1.807, 2.05) is 0 Å². The van der Waals surface area contributed by atoms with Crippen LogP contribution in [-0.2, 0) is 6.54 Å². The van der Waals surface area contributed by atoms with Crippen molar-refractivity contribution >= 4 is 0 Å². The van der Waals surface area contributed by atoms with Crippen LogP contribution in [0.1, 0.15) is 29.5 Å². The lowest BCUT2D eigenvalue weighted by atomic mass is 9.95. The van der Waals surface area contributed by atoms with Gasteiger partial charge in [0.2, 0.25) is 0 Å². The van der Waals surface area contributed by atoms with Gasteiger partial charge >= 0.3 is 0 Å². The highest BCUT2D eigenvalue weighted by atomic mass is 15.1. The predicted molar refractivity (Wildman–Crippen MR) is 85.9 cm³/mol. The minimum Gasteiger partial charge on any atom is -0.299 e. The second-order valence-corrected chi connectivity index (χ2v) is 5.95. The third-order valence-corrected chi connectivity index (χ3v) is 4.34. The van der Waals surface area contributed by atoms with Crippen molar-refractivity contribution in [1.29, 1.82) is 0 Å². The van der Waals surface area contributed by atoms with Gasteiger partial charge in [-0.25, -0.2) is 0 Å². The van der Waals surface area contributed by atoms with Crippen LogP contribution in [0.4, 0.5) is 0 Å². The second kappa shape index (κ2) is 5.80. The summed E-state index contributed by atoms with van der Waals surface area (Å²) in [5.41, 5.74) is 6.92. The van der Waals surface area contributed by atoms with E-state index in [2.05, 4.69) is 61.2 Å². The quantitative estimate of drug-likeness (QED) is 0.786. The lowest BCUT2D eigenvalue weighted by molar-refractivity contribution is 0.331. The maximum absolute atomic E-state index is 2.56. The Kier molecular flexibility index (Phi) is 3.88. The molecule has 1 heterocycles. The van der Waals surface area contributed by atoms with Gasteiger partial charge in [0.05, 0.1) is 0 Å². The van der Waals surface area contributed by atoms with Crippen molar-refractivity contribution in [2.45, 2.75) is 33.2 Å². The fourth-order valence-corrected chi connectivity index (χ4v) is 3.13. The predicted octanol–water partition coefficient (Wildman–Crippen LogP) is 4.57. The molecule has 0 N–H and O–H groups in total. The van der Waals surface area contributed by atoms with Gasteiger partial charge in [-0.05, 0) is 73.7 Å². The summed E-state index contributed by atoms with van der Waals surface area (Å²) >= 11 is 0. The van der Waals surface area contributed by atoms with Crippen molar-refractivity contribution in [3.63, 3.8) is 0 Å². The van der Waals surface area contributed by atoms with Crippen molar-refractivity contribution in [2.75, 3.05) is 13.1 Å². The molecule has 0 spiro atoms. The Morgan fingerprint density at radius 3 is 2.30 bits per heavy atom. The van der Waals surface area contributed by atoms with Gasteiger partial charge in [-0.2, -0.15) is 0 Å². The molecule has 1 saturated heterocycles. The van der Waals surface area contributed by atoms with Crippen molar-refractivity contribution in [1.82, 2.24) is 4.90 Å². The van der Waals surface area contributed by atoms with E-state index in [1.54, 1.807) is 0 Å². The molecule has 2 aromatic carbocycles. The van der Waals surface area contributed by atoms with E-state index in [1.165, 1.54) is 53.7 Å². The molecule has 3 rings (SSSR count). The van der Waals surface area contributed by atoms with E-state index < -0.39 is 0 Å². The van der Waals surface area contributed by atoms with Gasteiger partial charge in [0, 0.05) is 6.54 Å². The van der Waals surface area contributed by atoms with Crippen molar-refractivity contribution in [2.24, 2.45) is 0 Å². The first kappa shape index (κ1) is 13.4. The number of likely N-dealkylation sites (tertiary alicyclic amines) is 1. The highest BCUT2D eigenvalue weighted by Crippen LogP contribution is 2.28. The Labute approximate surface area is 122 Å². The van der Waals surface area contributed by atoms with Crippen LogP contribution in [0.2, 0.25) is 0 Å². The molecule has 0 radical (unpaired) electrons. The van der Waals surface area contributed by atoms with Crippen LogP contribution >= 0.6 is 0 Å². The monoisotopic (exact) mass is 265 g/mol. The van der Waals surface area contributed by atoms with E-state index in [-0.39, 0.29) is 0 Å². The zero-order valence-electron chi connectivity index (χ0n) is 12.5. The summed E-state index contributed by atoms with van der Waals surface area (Å²) < 4.78 is 0. The molecule has 0 bridgehead atoms. The van der Waals surface area contributed by atoms with Crippen molar-refractivity contribution in [3.8, 4) is 11.1 Å². The minimum absolute atomic E-state index is 1.10. The molecule has 1 nitrogen and oxygen atoms in total. The summed E-state index contributed by atoms with van der Waals surface area (Å²) in [5, 5.41) is 0. The van der Waals surface area contributed by atoms with E-state index in [9.17, 15) is 0 Å². The van der Waals surface area contributed by atoms with E-state index >= 15 is 0 Å². The number of nitrogens with zero attached hydrogens (tertiary/aromatic N) is 1. The summed E-state index contributed by atoms with van der Waals surface area (Å²) in [4.78, 5) is 2.56. The minimum atomic E-state index is 1.10. The fraction of sp³-hybridized carbons (Fsp3) is 0.368. The molecule has 0 saturated carbocycles. The first-order chi connectivity index (χ1) is 9.74. The normalized spacial score (nSPS) is 15.7. The van der Waals surface area contributed by atoms with Crippen molar-refractivity contribution in [3.05, 3.63) is 59.2 Å². The van der Waals surface area contributed by atoms with Crippen LogP contribution in [0.15, 0.2) is 42.5 Å². The number of hydrogen-bond donors (Lipinski definition) is 0. The average Bonchev–Trinajstić information content (AvgIpc) is 2.95. The van der Waals surface area contributed by atoms with Crippen LogP contribution in [0, 0.1) is 13.8 Å². The molecular formula is C19H23N. The SMILES string of the molecule is Cc1ccccc1-c1cc(CN2CCCC2)ccc1C. The maximum atomic E-state index is 2.56. The molecule has 1 aliphatic rings. The van der Waals surface area contributed by atoms with E-state index in [0.717, 1.165) is 6.54 Å². The molecule has 1 fully saturated rings. The average molecular weight is 265 g/mol. The summed E-state index contributed by atoms with van der Waals surface area (Å²) in [6.07, 6.45) is 2.72. The number of rotatable bonds is 3. The molecule has 0 unspecified atom stereocenters. The first-order valence-corrected chi connectivity index (χ1v) is 7.62. The van der Waals surface area contributed by atoms with Gasteiger partial charge in [-0.3, -0.25) is 4.90 Å². The molecular weight excluding hydrogens is 242 g/mol. The van der Waals surface area contributed by atoms with Gasteiger partial charge in [0.25, 0.3) is 0 Å². The Morgan fingerprint density at radius 2 is 1.55 bits per heavy atom. The largest absolute Gasteiger partial charge is 0.299 e. The third-order valence-electron chi connectivity index (χ3n) is 4.34. The van der Waals surface area contributed by atoms with Gasteiger partial charge in [-0.1, -0.05) is 36.4 Å². The molecule has 0 atom stereocenters. The second-order valence-electron chi connectivity index (χ2n) is 5.95. The van der Waals surface area contributed by atoms with Gasteiger partial charge < -0.3 is 0 Å². The Morgan fingerprint density at radius 1 is 0.850 bits per heavy atom. The Hall–Kier alpha value is -1.60. The standard InChI is InChI=1S/C19H23N/c1-15-7-3-4-8-18(15)19-13-17(10-9-16(19)2)14-20-11-5-6-12-20/h3-4,7-10,13H,5-6,11-12,14H2,1-2H3. The summed E-state index contributed by atoms with van der Waals surface area (Å²) in [6, 6.07) is 15.6. The summed E-state index contributed by atoms with van der Waals surface area (Å²) in [7, 11) is 0. The highest BCUT2D eigenvalue weighted by molar-refractivity contribution is 5.70. The number of benzene rings is 2. The van der Waals surface area contributed by atoms with Crippen molar-refractivity contribution < 1.29 is 0 Å². The van der Waals surface area contributed by atoms with Crippen LogP contribution in [-0.4, -0.2) is 18.0 Å². The molecule has 0 aromatic heterocycles. The van der Waals surface area contributed by atoms with Gasteiger partial charge in [0.1, 0.15) is 0 Å². The lowest BCUT2D eigenvalue weighted by Crippen LogP contribution is -2.18. The lowest BCUT2D eigenvalue weighted by Gasteiger charge is -2.17. The summed E-state index contributed by atoms with van der Waals surface area (Å²) in [5.74, 6) is 0. The van der Waals surface area contributed by atoms with E-state index in [4.69, 9.17) is 0 Å². The third kappa shape index (κ3) is 2.78. The number of aryl methyl sites for hydroxylation is 2. The Balaban J connectivity index is 1.92. The van der Waals surface area contributed by atoms with Gasteiger partial charge in [-0.15, -0.1) is 0 Å². The van der Waals surface area contributed by atoms with Gasteiger partial charge in [0.15, 0.2) is 0 Å². The van der Waals surface area contributed by atoms with Crippen LogP contribution in [0.5, 0.6) is 0 Å². The topological polar surface area (TPSA) is 3.24 Å². The molecule has 104 valence electrons. The first-order valence-electron chi connectivity index (χ1n) is 7.62.